The van der Waals surface area contributed by atoms with Crippen LogP contribution in [-0.2, 0) is 45.0 Å². The second-order valence-corrected chi connectivity index (χ2v) is 11.0. The highest BCUT2D eigenvalue weighted by Crippen LogP contribution is 2.59. The first-order chi connectivity index (χ1) is 20.0. The van der Waals surface area contributed by atoms with Crippen LogP contribution < -0.4 is 9.47 Å². The van der Waals surface area contributed by atoms with Crippen LogP contribution >= 0.6 is 0 Å². The lowest BCUT2D eigenvalue weighted by atomic mass is 9.57. The van der Waals surface area contributed by atoms with Crippen molar-refractivity contribution in [1.29, 1.82) is 0 Å². The Labute approximate surface area is 245 Å². The summed E-state index contributed by atoms with van der Waals surface area (Å²) in [5.74, 6) is 2.01. The van der Waals surface area contributed by atoms with Gasteiger partial charge in [-0.1, -0.05) is 25.1 Å². The molecule has 0 bridgehead atoms. The Morgan fingerprint density at radius 2 is 1.34 bits per heavy atom. The fourth-order valence-electron chi connectivity index (χ4n) is 6.22. The molecular formula is C31H49NO9. The van der Waals surface area contributed by atoms with Crippen molar-refractivity contribution in [3.05, 3.63) is 35.4 Å². The van der Waals surface area contributed by atoms with Gasteiger partial charge in [-0.15, -0.1) is 0 Å². The normalized spacial score (nSPS) is 25.9. The summed E-state index contributed by atoms with van der Waals surface area (Å²) in [5, 5.41) is 0. The van der Waals surface area contributed by atoms with Crippen LogP contribution in [0.3, 0.4) is 0 Å². The second kappa shape index (κ2) is 16.2. The molecule has 3 aliphatic rings. The highest BCUT2D eigenvalue weighted by molar-refractivity contribution is 5.61. The zero-order valence-electron chi connectivity index (χ0n) is 25.4. The smallest absolute Gasteiger partial charge is 0.165 e. The first-order valence-corrected chi connectivity index (χ1v) is 14.7. The second-order valence-electron chi connectivity index (χ2n) is 11.0. The molecule has 10 nitrogen and oxygen atoms in total. The van der Waals surface area contributed by atoms with Crippen molar-refractivity contribution in [3.63, 3.8) is 0 Å². The highest BCUT2D eigenvalue weighted by atomic mass is 16.6. The van der Waals surface area contributed by atoms with E-state index in [1.54, 1.807) is 14.2 Å². The molecule has 2 aliphatic carbocycles. The molecule has 232 valence electrons. The van der Waals surface area contributed by atoms with E-state index >= 15 is 0 Å². The molecule has 1 unspecified atom stereocenters. The average molecular weight is 580 g/mol. The average Bonchev–Trinajstić information content (AvgIpc) is 3.30. The van der Waals surface area contributed by atoms with Crippen molar-refractivity contribution < 1.29 is 42.6 Å². The van der Waals surface area contributed by atoms with Gasteiger partial charge < -0.3 is 47.5 Å². The summed E-state index contributed by atoms with van der Waals surface area (Å²) in [5.41, 5.74) is 2.44. The summed E-state index contributed by atoms with van der Waals surface area (Å²) in [6.45, 7) is 8.73. The maximum Gasteiger partial charge on any atom is 0.165 e. The molecule has 1 aromatic rings. The van der Waals surface area contributed by atoms with Crippen molar-refractivity contribution in [2.75, 3.05) is 108 Å². The SMILES string of the molecule is COCCOCCOCCOCCOCCOCCO[C@H]1C=CC2[C@H](N(C)C)Cc3ccc(OC)c4c3[C@@]2(C)[C@H]1O4. The van der Waals surface area contributed by atoms with E-state index in [0.29, 0.717) is 91.2 Å². The molecule has 0 saturated carbocycles. The Kier molecular flexibility index (Phi) is 12.7. The number of likely N-dealkylation sites (N-methyl/N-ethyl adjacent to an activating group) is 1. The number of hydrogen-bond donors (Lipinski definition) is 0. The quantitative estimate of drug-likeness (QED) is 0.160. The number of ether oxygens (including phenoxy) is 9. The van der Waals surface area contributed by atoms with Gasteiger partial charge in [0.15, 0.2) is 11.5 Å². The number of nitrogens with zero attached hydrogens (tertiary/aromatic N) is 1. The largest absolute Gasteiger partial charge is 0.493 e. The van der Waals surface area contributed by atoms with Crippen molar-refractivity contribution in [1.82, 2.24) is 4.90 Å². The molecule has 0 aromatic heterocycles. The summed E-state index contributed by atoms with van der Waals surface area (Å²) in [4.78, 5) is 2.34. The van der Waals surface area contributed by atoms with E-state index in [-0.39, 0.29) is 17.6 Å². The molecule has 0 N–H and O–H groups in total. The van der Waals surface area contributed by atoms with Crippen LogP contribution in [0.15, 0.2) is 24.3 Å². The molecular weight excluding hydrogens is 530 g/mol. The zero-order chi connectivity index (χ0) is 29.1. The van der Waals surface area contributed by atoms with Crippen LogP contribution in [0.5, 0.6) is 11.5 Å². The van der Waals surface area contributed by atoms with Gasteiger partial charge in [0.1, 0.15) is 12.2 Å². The Morgan fingerprint density at radius 3 is 1.88 bits per heavy atom. The van der Waals surface area contributed by atoms with Crippen LogP contribution in [-0.4, -0.2) is 131 Å². The lowest BCUT2D eigenvalue weighted by Gasteiger charge is -2.50. The third-order valence-electron chi connectivity index (χ3n) is 8.27. The van der Waals surface area contributed by atoms with Gasteiger partial charge in [0.05, 0.1) is 86.4 Å². The highest BCUT2D eigenvalue weighted by Gasteiger charge is 2.60. The van der Waals surface area contributed by atoms with E-state index in [2.05, 4.69) is 44.1 Å². The Hall–Kier alpha value is -1.76. The van der Waals surface area contributed by atoms with Crippen LogP contribution in [0.4, 0.5) is 0 Å². The fraction of sp³-hybridized carbons (Fsp3) is 0.742. The van der Waals surface area contributed by atoms with Crippen LogP contribution in [0, 0.1) is 5.92 Å². The maximum absolute atomic E-state index is 6.65. The fourth-order valence-corrected chi connectivity index (χ4v) is 6.22. The van der Waals surface area contributed by atoms with Gasteiger partial charge in [-0.25, -0.2) is 0 Å². The topological polar surface area (TPSA) is 86.3 Å². The predicted molar refractivity (Wildman–Crippen MR) is 154 cm³/mol. The number of methoxy groups -OCH3 is 2. The van der Waals surface area contributed by atoms with Crippen LogP contribution in [0.1, 0.15) is 18.1 Å². The summed E-state index contributed by atoms with van der Waals surface area (Å²) >= 11 is 0. The number of benzene rings is 1. The van der Waals surface area contributed by atoms with Gasteiger partial charge in [0.2, 0.25) is 0 Å². The molecule has 0 saturated heterocycles. The van der Waals surface area contributed by atoms with E-state index in [9.17, 15) is 0 Å². The van der Waals surface area contributed by atoms with Gasteiger partial charge in [0.25, 0.3) is 0 Å². The van der Waals surface area contributed by atoms with Gasteiger partial charge in [0, 0.05) is 30.0 Å². The minimum absolute atomic E-state index is 0.117. The zero-order valence-corrected chi connectivity index (χ0v) is 25.4. The summed E-state index contributed by atoms with van der Waals surface area (Å²) in [7, 11) is 7.69. The van der Waals surface area contributed by atoms with Crippen molar-refractivity contribution in [3.8, 4) is 11.5 Å². The van der Waals surface area contributed by atoms with Gasteiger partial charge in [-0.3, -0.25) is 0 Å². The van der Waals surface area contributed by atoms with E-state index in [0.717, 1.165) is 17.9 Å². The van der Waals surface area contributed by atoms with Crippen LogP contribution in [0.2, 0.25) is 0 Å². The lowest BCUT2D eigenvalue weighted by Crippen LogP contribution is -2.59. The Balaban J connectivity index is 1.10. The van der Waals surface area contributed by atoms with Gasteiger partial charge >= 0.3 is 0 Å². The van der Waals surface area contributed by atoms with E-state index < -0.39 is 0 Å². The third kappa shape index (κ3) is 7.80. The summed E-state index contributed by atoms with van der Waals surface area (Å²) in [6, 6.07) is 4.63. The van der Waals surface area contributed by atoms with Crippen molar-refractivity contribution in [2.24, 2.45) is 5.92 Å². The molecule has 1 aliphatic heterocycles. The van der Waals surface area contributed by atoms with Gasteiger partial charge in [-0.05, 0) is 32.1 Å². The first-order valence-electron chi connectivity index (χ1n) is 14.7. The third-order valence-corrected chi connectivity index (χ3v) is 8.27. The summed E-state index contributed by atoms with van der Waals surface area (Å²) in [6.07, 6.45) is 5.24. The Morgan fingerprint density at radius 1 is 0.780 bits per heavy atom. The number of rotatable bonds is 21. The molecule has 10 heteroatoms. The molecule has 4 rings (SSSR count). The summed E-state index contributed by atoms with van der Waals surface area (Å²) < 4.78 is 51.2. The van der Waals surface area contributed by atoms with E-state index in [1.807, 2.05) is 6.07 Å². The van der Waals surface area contributed by atoms with Gasteiger partial charge in [-0.2, -0.15) is 0 Å². The minimum atomic E-state index is -0.187. The standard InChI is InChI=1S/C31H49NO9/c1-31-24-7-9-27(30(31)41-29-26(34-5)8-6-23(28(29)31)22-25(24)32(2)3)40-21-20-39-19-18-38-17-16-37-15-14-36-13-12-35-11-10-33-4/h6-9,24-25,27,30H,10-22H2,1-5H3/t24?,25-,27+,30+,31+/m1/s1. The molecule has 0 spiro atoms. The molecule has 5 atom stereocenters. The van der Waals surface area contributed by atoms with Crippen LogP contribution in [0.25, 0.3) is 0 Å². The van der Waals surface area contributed by atoms with Crippen molar-refractivity contribution >= 4 is 0 Å². The van der Waals surface area contributed by atoms with E-state index in [4.69, 9.17) is 42.6 Å². The Bertz CT molecular complexity index is 958. The molecule has 0 fully saturated rings. The number of hydrogen-bond acceptors (Lipinski definition) is 10. The molecule has 0 radical (unpaired) electrons. The van der Waals surface area contributed by atoms with E-state index in [1.165, 1.54) is 11.1 Å². The minimum Gasteiger partial charge on any atom is -0.493 e. The predicted octanol–water partition coefficient (Wildman–Crippen LogP) is 2.50. The first kappa shape index (κ1) is 32.2. The van der Waals surface area contributed by atoms with Crippen molar-refractivity contribution in [2.45, 2.75) is 37.0 Å². The monoisotopic (exact) mass is 579 g/mol. The maximum atomic E-state index is 6.65. The lowest BCUT2D eigenvalue weighted by molar-refractivity contribution is -0.0628. The molecule has 41 heavy (non-hydrogen) atoms. The molecule has 0 amide bonds. The molecule has 1 heterocycles. The molecule has 1 aromatic carbocycles.